The molecule has 0 unspecified atom stereocenters. The van der Waals surface area contributed by atoms with Gasteiger partial charge in [0, 0.05) is 18.7 Å². The maximum Gasteiger partial charge on any atom is 0.573 e. The Morgan fingerprint density at radius 2 is 1.54 bits per heavy atom. The van der Waals surface area contributed by atoms with E-state index in [9.17, 15) is 36.3 Å². The molecule has 0 atom stereocenters. The standard InChI is InChI=1S/C27H26F3N3O7S/c28-27(29,30)40-21-9-7-20(8-10-21)39-24-4-2-1-3-23(24)32-41(37,38)22-11-5-18(6-12-22)26(36)31-17-25(35)33-15-13-19(34)14-16-33/h1-12,19,32,34H,13-17H2,(H,31,36). The number of benzene rings is 3. The van der Waals surface area contributed by atoms with Gasteiger partial charge in [-0.2, -0.15) is 0 Å². The molecule has 0 aliphatic carbocycles. The molecule has 1 heterocycles. The molecule has 218 valence electrons. The highest BCUT2D eigenvalue weighted by Gasteiger charge is 2.31. The number of carbonyl (C=O) groups is 2. The number of alkyl halides is 3. The lowest BCUT2D eigenvalue weighted by Gasteiger charge is -2.29. The summed E-state index contributed by atoms with van der Waals surface area (Å²) in [6, 6.07) is 15.7. The van der Waals surface area contributed by atoms with Gasteiger partial charge in [-0.1, -0.05) is 12.1 Å². The molecule has 0 saturated carbocycles. The second-order valence-electron chi connectivity index (χ2n) is 9.04. The molecule has 0 radical (unpaired) electrons. The van der Waals surface area contributed by atoms with Crippen LogP contribution in [0, 0.1) is 0 Å². The first-order valence-electron chi connectivity index (χ1n) is 12.4. The van der Waals surface area contributed by atoms with E-state index in [0.717, 1.165) is 12.1 Å². The highest BCUT2D eigenvalue weighted by Crippen LogP contribution is 2.32. The zero-order chi connectivity index (χ0) is 29.6. The smallest absolute Gasteiger partial charge is 0.455 e. The first-order chi connectivity index (χ1) is 19.4. The van der Waals surface area contributed by atoms with Crippen molar-refractivity contribution < 1.29 is 45.8 Å². The molecule has 3 N–H and O–H groups in total. The molecule has 0 spiro atoms. The maximum absolute atomic E-state index is 13.0. The molecule has 2 amide bonds. The van der Waals surface area contributed by atoms with Gasteiger partial charge < -0.3 is 24.8 Å². The van der Waals surface area contributed by atoms with Gasteiger partial charge in [-0.15, -0.1) is 13.2 Å². The number of hydrogen-bond acceptors (Lipinski definition) is 7. The third-order valence-electron chi connectivity index (χ3n) is 6.06. The number of sulfonamides is 1. The van der Waals surface area contributed by atoms with E-state index in [4.69, 9.17) is 4.74 Å². The first-order valence-corrected chi connectivity index (χ1v) is 13.9. The number of nitrogens with zero attached hydrogens (tertiary/aromatic N) is 1. The van der Waals surface area contributed by atoms with Crippen LogP contribution in [0.15, 0.2) is 77.7 Å². The Balaban J connectivity index is 1.37. The number of piperidine rings is 1. The second kappa shape index (κ2) is 12.5. The molecule has 1 aliphatic rings. The van der Waals surface area contributed by atoms with Gasteiger partial charge in [0.1, 0.15) is 11.5 Å². The number of rotatable bonds is 9. The third kappa shape index (κ3) is 8.35. The van der Waals surface area contributed by atoms with Crippen molar-refractivity contribution in [1.29, 1.82) is 0 Å². The van der Waals surface area contributed by atoms with E-state index in [2.05, 4.69) is 14.8 Å². The molecular weight excluding hydrogens is 567 g/mol. The molecule has 3 aromatic carbocycles. The number of ether oxygens (including phenoxy) is 2. The summed E-state index contributed by atoms with van der Waals surface area (Å²) < 4.78 is 75.1. The summed E-state index contributed by atoms with van der Waals surface area (Å²) in [7, 11) is -4.13. The maximum atomic E-state index is 13.0. The fourth-order valence-electron chi connectivity index (χ4n) is 3.95. The molecular formula is C27H26F3N3O7S. The lowest BCUT2D eigenvalue weighted by Crippen LogP contribution is -2.45. The lowest BCUT2D eigenvalue weighted by atomic mass is 10.1. The van der Waals surface area contributed by atoms with E-state index >= 15 is 0 Å². The summed E-state index contributed by atoms with van der Waals surface area (Å²) in [6.07, 6.45) is -4.31. The number of para-hydroxylation sites is 2. The summed E-state index contributed by atoms with van der Waals surface area (Å²) in [5, 5.41) is 12.1. The van der Waals surface area contributed by atoms with Gasteiger partial charge in [-0.3, -0.25) is 14.3 Å². The minimum atomic E-state index is -4.84. The molecule has 0 aromatic heterocycles. The number of likely N-dealkylation sites (tertiary alicyclic amines) is 1. The SMILES string of the molecule is O=C(NCC(=O)N1CCC(O)CC1)c1ccc(S(=O)(=O)Nc2ccccc2Oc2ccc(OC(F)(F)F)cc2)cc1. The molecule has 1 fully saturated rings. The van der Waals surface area contributed by atoms with E-state index in [0.29, 0.717) is 25.9 Å². The zero-order valence-corrected chi connectivity index (χ0v) is 22.2. The number of carbonyl (C=O) groups excluding carboxylic acids is 2. The van der Waals surface area contributed by atoms with Crippen LogP contribution in [0.4, 0.5) is 18.9 Å². The Morgan fingerprint density at radius 3 is 2.17 bits per heavy atom. The van der Waals surface area contributed by atoms with Gasteiger partial charge >= 0.3 is 6.36 Å². The van der Waals surface area contributed by atoms with E-state index < -0.39 is 34.1 Å². The van der Waals surface area contributed by atoms with Gasteiger partial charge in [0.15, 0.2) is 5.75 Å². The van der Waals surface area contributed by atoms with Crippen LogP contribution in [-0.4, -0.2) is 62.3 Å². The summed E-state index contributed by atoms with van der Waals surface area (Å²) in [5.41, 5.74) is 0.209. The number of nitrogens with one attached hydrogen (secondary N) is 2. The zero-order valence-electron chi connectivity index (χ0n) is 21.4. The van der Waals surface area contributed by atoms with Crippen molar-refractivity contribution in [2.45, 2.75) is 30.2 Å². The molecule has 4 rings (SSSR count). The first kappa shape index (κ1) is 29.7. The average molecular weight is 594 g/mol. The molecule has 3 aromatic rings. The average Bonchev–Trinajstić information content (AvgIpc) is 2.93. The van der Waals surface area contributed by atoms with Crippen LogP contribution in [0.1, 0.15) is 23.2 Å². The Labute approximate surface area is 233 Å². The summed E-state index contributed by atoms with van der Waals surface area (Å²) in [5.74, 6) is -1.05. The third-order valence-corrected chi connectivity index (χ3v) is 7.44. The van der Waals surface area contributed by atoms with Crippen LogP contribution >= 0.6 is 0 Å². The second-order valence-corrected chi connectivity index (χ2v) is 10.7. The topological polar surface area (TPSA) is 134 Å². The van der Waals surface area contributed by atoms with Crippen LogP contribution in [-0.2, 0) is 14.8 Å². The fourth-order valence-corrected chi connectivity index (χ4v) is 5.02. The quantitative estimate of drug-likeness (QED) is 0.343. The highest BCUT2D eigenvalue weighted by molar-refractivity contribution is 7.92. The van der Waals surface area contributed by atoms with Crippen molar-refractivity contribution in [2.24, 2.45) is 0 Å². The summed E-state index contributed by atoms with van der Waals surface area (Å²) in [4.78, 5) is 26.2. The molecule has 10 nitrogen and oxygen atoms in total. The van der Waals surface area contributed by atoms with Crippen LogP contribution < -0.4 is 19.5 Å². The number of halogens is 3. The van der Waals surface area contributed by atoms with Gasteiger partial charge in [-0.25, -0.2) is 8.42 Å². The normalized spacial score (nSPS) is 14.3. The predicted molar refractivity (Wildman–Crippen MR) is 141 cm³/mol. The van der Waals surface area contributed by atoms with Gasteiger partial charge in [0.2, 0.25) is 5.91 Å². The van der Waals surface area contributed by atoms with Crippen molar-refractivity contribution in [3.63, 3.8) is 0 Å². The molecule has 1 aliphatic heterocycles. The molecule has 1 saturated heterocycles. The van der Waals surface area contributed by atoms with Crippen molar-refractivity contribution in [2.75, 3.05) is 24.4 Å². The van der Waals surface area contributed by atoms with Crippen LogP contribution in [0.2, 0.25) is 0 Å². The number of aliphatic hydroxyl groups is 1. The van der Waals surface area contributed by atoms with Crippen molar-refractivity contribution in [3.05, 3.63) is 78.4 Å². The molecule has 14 heteroatoms. The Morgan fingerprint density at radius 1 is 0.927 bits per heavy atom. The van der Waals surface area contributed by atoms with Gasteiger partial charge in [0.05, 0.1) is 23.2 Å². The minimum Gasteiger partial charge on any atom is -0.455 e. The number of hydrogen-bond donors (Lipinski definition) is 3. The Bertz CT molecular complexity index is 1470. The van der Waals surface area contributed by atoms with E-state index in [1.165, 1.54) is 48.5 Å². The Kier molecular flexibility index (Phi) is 9.03. The lowest BCUT2D eigenvalue weighted by molar-refractivity contribution is -0.274. The monoisotopic (exact) mass is 593 g/mol. The van der Waals surface area contributed by atoms with Crippen LogP contribution in [0.25, 0.3) is 0 Å². The Hall–Kier alpha value is -4.30. The summed E-state index contributed by atoms with van der Waals surface area (Å²) in [6.45, 7) is 0.588. The number of amides is 2. The van der Waals surface area contributed by atoms with E-state index in [1.807, 2.05) is 0 Å². The van der Waals surface area contributed by atoms with Crippen LogP contribution in [0.5, 0.6) is 17.2 Å². The summed E-state index contributed by atoms with van der Waals surface area (Å²) >= 11 is 0. The van der Waals surface area contributed by atoms with Gasteiger partial charge in [-0.05, 0) is 73.5 Å². The van der Waals surface area contributed by atoms with Gasteiger partial charge in [0.25, 0.3) is 15.9 Å². The minimum absolute atomic E-state index is 0.0636. The van der Waals surface area contributed by atoms with Crippen molar-refractivity contribution >= 4 is 27.5 Å². The largest absolute Gasteiger partial charge is 0.573 e. The predicted octanol–water partition coefficient (Wildman–Crippen LogP) is 3.89. The molecule has 41 heavy (non-hydrogen) atoms. The fraction of sp³-hybridized carbons (Fsp3) is 0.259. The highest BCUT2D eigenvalue weighted by atomic mass is 32.2. The van der Waals surface area contributed by atoms with E-state index in [1.54, 1.807) is 17.0 Å². The van der Waals surface area contributed by atoms with E-state index in [-0.39, 0.29) is 40.1 Å². The number of aliphatic hydroxyl groups excluding tert-OH is 1. The van der Waals surface area contributed by atoms with Crippen molar-refractivity contribution in [1.82, 2.24) is 10.2 Å². The molecule has 0 bridgehead atoms. The number of anilines is 1. The van der Waals surface area contributed by atoms with Crippen LogP contribution in [0.3, 0.4) is 0 Å². The van der Waals surface area contributed by atoms with Crippen molar-refractivity contribution in [3.8, 4) is 17.2 Å².